The SMILES string of the molecule is CC(C)CN(CCS(=O)(=O)N1CCNCC1)C(=O)c1ccccc1Cl.O=C(O)C(F)(F)F. The van der Waals surface area contributed by atoms with Crippen molar-refractivity contribution in [1.82, 2.24) is 14.5 Å². The molecule has 0 unspecified atom stereocenters. The second-order valence-electron chi connectivity index (χ2n) is 7.39. The average molecular weight is 502 g/mol. The largest absolute Gasteiger partial charge is 0.490 e. The Hall–Kier alpha value is -1.89. The van der Waals surface area contributed by atoms with E-state index in [0.29, 0.717) is 43.3 Å². The van der Waals surface area contributed by atoms with E-state index in [0.717, 1.165) is 0 Å². The summed E-state index contributed by atoms with van der Waals surface area (Å²) in [6, 6.07) is 6.85. The number of carbonyl (C=O) groups excluding carboxylic acids is 1. The van der Waals surface area contributed by atoms with E-state index in [-0.39, 0.29) is 24.1 Å². The number of carbonyl (C=O) groups is 2. The molecule has 13 heteroatoms. The predicted octanol–water partition coefficient (Wildman–Crippen LogP) is 2.31. The highest BCUT2D eigenvalue weighted by atomic mass is 35.5. The lowest BCUT2D eigenvalue weighted by Crippen LogP contribution is -2.48. The number of nitrogens with one attached hydrogen (secondary N) is 1. The van der Waals surface area contributed by atoms with Crippen LogP contribution in [0.1, 0.15) is 24.2 Å². The molecular formula is C19H27ClF3N3O5S. The fourth-order valence-corrected chi connectivity index (χ4v) is 4.46. The maximum atomic E-state index is 12.8. The van der Waals surface area contributed by atoms with Crippen molar-refractivity contribution in [1.29, 1.82) is 0 Å². The zero-order valence-electron chi connectivity index (χ0n) is 17.7. The van der Waals surface area contributed by atoms with Gasteiger partial charge in [-0.05, 0) is 18.1 Å². The van der Waals surface area contributed by atoms with E-state index in [4.69, 9.17) is 21.5 Å². The van der Waals surface area contributed by atoms with Gasteiger partial charge in [0.15, 0.2) is 0 Å². The van der Waals surface area contributed by atoms with E-state index in [1.807, 2.05) is 13.8 Å². The first-order valence-corrected chi connectivity index (χ1v) is 11.8. The topological polar surface area (TPSA) is 107 Å². The number of rotatable bonds is 7. The normalized spacial score (nSPS) is 15.1. The Kier molecular flexibility index (Phi) is 10.9. The Balaban J connectivity index is 0.000000633. The van der Waals surface area contributed by atoms with Gasteiger partial charge in [-0.25, -0.2) is 13.2 Å². The van der Waals surface area contributed by atoms with Crippen molar-refractivity contribution in [2.45, 2.75) is 20.0 Å². The fourth-order valence-electron chi connectivity index (χ4n) is 2.80. The first-order chi connectivity index (χ1) is 14.8. The van der Waals surface area contributed by atoms with E-state index in [2.05, 4.69) is 5.32 Å². The molecule has 0 aromatic heterocycles. The number of hydrogen-bond acceptors (Lipinski definition) is 5. The summed E-state index contributed by atoms with van der Waals surface area (Å²) in [5.74, 6) is -2.83. The standard InChI is InChI=1S/C17H26ClN3O3S.C2HF3O2/c1-14(2)13-20(17(22)15-5-3-4-6-16(15)18)11-12-25(23,24)21-9-7-19-8-10-21;3-2(4,5)1(6)7/h3-6,14,19H,7-13H2,1-2H3;(H,6,7). The van der Waals surface area contributed by atoms with E-state index in [1.54, 1.807) is 29.2 Å². The third kappa shape index (κ3) is 9.31. The minimum Gasteiger partial charge on any atom is -0.475 e. The lowest BCUT2D eigenvalue weighted by Gasteiger charge is -2.29. The minimum absolute atomic E-state index is 0.0735. The molecule has 1 heterocycles. The Bertz CT molecular complexity index is 875. The van der Waals surface area contributed by atoms with Gasteiger partial charge in [-0.3, -0.25) is 4.79 Å². The summed E-state index contributed by atoms with van der Waals surface area (Å²) in [6.45, 7) is 6.92. The summed E-state index contributed by atoms with van der Waals surface area (Å²) in [5.41, 5.74) is 0.407. The van der Waals surface area contributed by atoms with Crippen molar-refractivity contribution in [3.63, 3.8) is 0 Å². The molecule has 182 valence electrons. The van der Waals surface area contributed by atoms with Crippen molar-refractivity contribution >= 4 is 33.5 Å². The summed E-state index contributed by atoms with van der Waals surface area (Å²) < 4.78 is 58.3. The second kappa shape index (κ2) is 12.4. The number of aliphatic carboxylic acids is 1. The van der Waals surface area contributed by atoms with E-state index in [1.165, 1.54) is 4.31 Å². The molecule has 8 nitrogen and oxygen atoms in total. The van der Waals surface area contributed by atoms with Crippen LogP contribution in [0.2, 0.25) is 5.02 Å². The van der Waals surface area contributed by atoms with Crippen LogP contribution in [0.3, 0.4) is 0 Å². The summed E-state index contributed by atoms with van der Waals surface area (Å²) >= 11 is 6.13. The Morgan fingerprint density at radius 3 is 2.22 bits per heavy atom. The summed E-state index contributed by atoms with van der Waals surface area (Å²) in [5, 5.41) is 10.6. The van der Waals surface area contributed by atoms with Crippen LogP contribution in [0.25, 0.3) is 0 Å². The Morgan fingerprint density at radius 2 is 1.75 bits per heavy atom. The van der Waals surface area contributed by atoms with Gasteiger partial charge < -0.3 is 15.3 Å². The molecule has 1 saturated heterocycles. The lowest BCUT2D eigenvalue weighted by atomic mass is 10.1. The average Bonchev–Trinajstić information content (AvgIpc) is 2.71. The van der Waals surface area contributed by atoms with Crippen LogP contribution >= 0.6 is 11.6 Å². The zero-order valence-corrected chi connectivity index (χ0v) is 19.3. The molecule has 0 bridgehead atoms. The molecule has 1 amide bonds. The monoisotopic (exact) mass is 501 g/mol. The first-order valence-electron chi connectivity index (χ1n) is 9.78. The number of halogens is 4. The maximum Gasteiger partial charge on any atom is 0.490 e. The van der Waals surface area contributed by atoms with Gasteiger partial charge in [-0.2, -0.15) is 17.5 Å². The van der Waals surface area contributed by atoms with Crippen LogP contribution in [-0.4, -0.2) is 85.8 Å². The first kappa shape index (κ1) is 28.1. The minimum atomic E-state index is -5.08. The van der Waals surface area contributed by atoms with Gasteiger partial charge in [0.2, 0.25) is 10.0 Å². The summed E-state index contributed by atoms with van der Waals surface area (Å²) in [4.78, 5) is 23.3. The van der Waals surface area contributed by atoms with E-state index in [9.17, 15) is 26.4 Å². The van der Waals surface area contributed by atoms with Crippen molar-refractivity contribution in [2.24, 2.45) is 5.92 Å². The number of benzene rings is 1. The van der Waals surface area contributed by atoms with Gasteiger partial charge in [0.1, 0.15) is 0 Å². The zero-order chi connectivity index (χ0) is 24.5. The second-order valence-corrected chi connectivity index (χ2v) is 9.89. The molecule has 0 saturated carbocycles. The molecular weight excluding hydrogens is 475 g/mol. The summed E-state index contributed by atoms with van der Waals surface area (Å²) in [7, 11) is -3.37. The molecule has 1 aromatic rings. The van der Waals surface area contributed by atoms with Crippen LogP contribution in [-0.2, 0) is 14.8 Å². The maximum absolute atomic E-state index is 12.8. The number of nitrogens with zero attached hydrogens (tertiary/aromatic N) is 2. The van der Waals surface area contributed by atoms with Crippen molar-refractivity contribution < 1.29 is 36.3 Å². The van der Waals surface area contributed by atoms with Gasteiger partial charge in [0.25, 0.3) is 5.91 Å². The predicted molar refractivity (Wildman–Crippen MR) is 114 cm³/mol. The molecule has 1 aromatic carbocycles. The molecule has 0 radical (unpaired) electrons. The van der Waals surface area contributed by atoms with E-state index < -0.39 is 22.2 Å². The third-order valence-corrected chi connectivity index (χ3v) is 6.49. The van der Waals surface area contributed by atoms with Gasteiger partial charge in [-0.15, -0.1) is 0 Å². The molecule has 1 fully saturated rings. The Morgan fingerprint density at radius 1 is 1.22 bits per heavy atom. The van der Waals surface area contributed by atoms with Crippen molar-refractivity contribution in [3.8, 4) is 0 Å². The number of sulfonamides is 1. The third-order valence-electron chi connectivity index (χ3n) is 4.31. The number of amides is 1. The van der Waals surface area contributed by atoms with Crippen molar-refractivity contribution in [2.75, 3.05) is 45.0 Å². The number of carboxylic acid groups (broad SMARTS) is 1. The quantitative estimate of drug-likeness (QED) is 0.594. The smallest absolute Gasteiger partial charge is 0.475 e. The lowest BCUT2D eigenvalue weighted by molar-refractivity contribution is -0.192. The molecule has 2 rings (SSSR count). The highest BCUT2D eigenvalue weighted by Gasteiger charge is 2.38. The molecule has 1 aliphatic heterocycles. The van der Waals surface area contributed by atoms with Crippen molar-refractivity contribution in [3.05, 3.63) is 34.9 Å². The van der Waals surface area contributed by atoms with E-state index >= 15 is 0 Å². The number of piperazine rings is 1. The van der Waals surface area contributed by atoms with Gasteiger partial charge in [0.05, 0.1) is 16.3 Å². The van der Waals surface area contributed by atoms with Crippen LogP contribution in [0, 0.1) is 5.92 Å². The van der Waals surface area contributed by atoms with Crippen LogP contribution in [0.4, 0.5) is 13.2 Å². The van der Waals surface area contributed by atoms with Crippen LogP contribution in [0.15, 0.2) is 24.3 Å². The van der Waals surface area contributed by atoms with Gasteiger partial charge in [0, 0.05) is 39.3 Å². The Labute approximate surface area is 190 Å². The highest BCUT2D eigenvalue weighted by Crippen LogP contribution is 2.18. The molecule has 2 N–H and O–H groups in total. The molecule has 32 heavy (non-hydrogen) atoms. The number of alkyl halides is 3. The number of carboxylic acids is 1. The fraction of sp³-hybridized carbons (Fsp3) is 0.579. The van der Waals surface area contributed by atoms with Crippen LogP contribution in [0.5, 0.6) is 0 Å². The van der Waals surface area contributed by atoms with Gasteiger partial charge >= 0.3 is 12.1 Å². The molecule has 0 aliphatic carbocycles. The van der Waals surface area contributed by atoms with Crippen LogP contribution < -0.4 is 5.32 Å². The molecule has 0 atom stereocenters. The summed E-state index contributed by atoms with van der Waals surface area (Å²) in [6.07, 6.45) is -5.08. The molecule has 0 spiro atoms. The van der Waals surface area contributed by atoms with Gasteiger partial charge in [-0.1, -0.05) is 37.6 Å². The molecule has 1 aliphatic rings. The highest BCUT2D eigenvalue weighted by molar-refractivity contribution is 7.89. The number of hydrogen-bond donors (Lipinski definition) is 2.